The van der Waals surface area contributed by atoms with E-state index in [-0.39, 0.29) is 200 Å². The van der Waals surface area contributed by atoms with Gasteiger partial charge in [0.25, 0.3) is 0 Å². The summed E-state index contributed by atoms with van der Waals surface area (Å²) in [6.07, 6.45) is -21.8. The summed E-state index contributed by atoms with van der Waals surface area (Å²) in [5.74, 6) is -27.0. The number of piperidine rings is 5. The molecule has 5 aromatic rings. The van der Waals surface area contributed by atoms with Gasteiger partial charge in [0.05, 0.1) is 105 Å². The van der Waals surface area contributed by atoms with Gasteiger partial charge in [-0.25, -0.2) is 0 Å². The van der Waals surface area contributed by atoms with E-state index in [0.29, 0.717) is 31.4 Å². The first-order chi connectivity index (χ1) is 77.9. The predicted molar refractivity (Wildman–Crippen MR) is 460 cm³/mol. The van der Waals surface area contributed by atoms with Crippen molar-refractivity contribution < 1.29 is 148 Å². The standard InChI is InChI=1S/2C20H29NO3.3C19H27NO3/c2*1-5-13(2)8-15-12-21-7-6-14-9-19(23-3)20(24-4)10-16(14)17(21)11-18(15)22;3*1-12(2)7-14-11-20-6-5-13-8-18(22-3)19(23-4)9-15(13)16(20)10-17(14)21/h2*9-10,13,15,17H,5-8,11-12H2,1-4H3;3*8-9,12,14,16H,5-7,10-11H2,1-4H3/i2D3,3D3,5D2,8D2,9D,10D,11D2,13D,15D;2D3,3D3,5D2,8D2,9D,10D,12D2,13D;3D3,8D,9D,10D2,11D2,14D;3D3,8D,9D,10D2,14D;3D3,8D,9D,11D2. The number of ether oxygens (including phenoxy) is 10. The second-order valence-corrected chi connectivity index (χ2v) is 30.1. The molecule has 5 aromatic carbocycles. The van der Waals surface area contributed by atoms with Crippen molar-refractivity contribution in [3.05, 3.63) is 116 Å². The number of hydrogen-bond donors (Lipinski definition) is 0. The molecule has 0 amide bonds. The second-order valence-electron chi connectivity index (χ2n) is 30.1. The number of hydrogen-bond acceptors (Lipinski definition) is 20. The maximum absolute atomic E-state index is 13.7. The number of carbonyl (C=O) groups excluding carboxylic acids is 5. The van der Waals surface area contributed by atoms with Crippen LogP contribution >= 0.6 is 0 Å². The molecule has 5 fully saturated rings. The van der Waals surface area contributed by atoms with Gasteiger partial charge in [-0.15, -0.1) is 0 Å². The second kappa shape index (κ2) is 41.0. The van der Waals surface area contributed by atoms with Crippen LogP contribution < -0.4 is 47.4 Å². The molecule has 0 saturated carbocycles. The Kier molecular flexibility index (Phi) is 14.6. The molecular formula is C97H139N5O15. The van der Waals surface area contributed by atoms with Gasteiger partial charge in [0, 0.05) is 199 Å². The molecule has 0 aliphatic carbocycles. The third-order valence-electron chi connectivity index (χ3n) is 21.0. The van der Waals surface area contributed by atoms with E-state index in [9.17, 15) is 24.0 Å². The molecule has 642 valence electrons. The highest BCUT2D eigenvalue weighted by molar-refractivity contribution is 5.86. The number of rotatable bonds is 22. The highest BCUT2D eigenvalue weighted by Gasteiger charge is 2.45. The normalized spacial score (nSPS) is 37.8. The quantitative estimate of drug-likeness (QED) is 0.0634. The Balaban J connectivity index is 0.000000203. The van der Waals surface area contributed by atoms with Crippen LogP contribution in [0.1, 0.15) is 308 Å². The van der Waals surface area contributed by atoms with Crippen LogP contribution in [0.25, 0.3) is 0 Å². The van der Waals surface area contributed by atoms with E-state index < -0.39 is 297 Å². The average molecular weight is 1670 g/mol. The Morgan fingerprint density at radius 1 is 0.376 bits per heavy atom. The van der Waals surface area contributed by atoms with E-state index in [0.717, 1.165) is 36.0 Å². The van der Waals surface area contributed by atoms with Crippen LogP contribution in [-0.4, -0.2) is 189 Å². The van der Waals surface area contributed by atoms with E-state index in [1.807, 2.05) is 27.7 Å². The first-order valence-corrected chi connectivity index (χ1v) is 38.4. The average Bonchev–Trinajstić information content (AvgIpc) is 0.675. The predicted octanol–water partition coefficient (Wildman–Crippen LogP) is 17.0. The van der Waals surface area contributed by atoms with E-state index in [4.69, 9.17) is 124 Å². The molecule has 10 aliphatic heterocycles. The van der Waals surface area contributed by atoms with Crippen molar-refractivity contribution in [3.8, 4) is 57.5 Å². The number of fused-ring (bicyclic) bond motifs is 15. The monoisotopic (exact) mass is 1670 g/mol. The van der Waals surface area contributed by atoms with Crippen LogP contribution in [0.5, 0.6) is 57.5 Å². The van der Waals surface area contributed by atoms with Gasteiger partial charge in [-0.3, -0.25) is 48.5 Å². The van der Waals surface area contributed by atoms with Gasteiger partial charge >= 0.3 is 0 Å². The first-order valence-electron chi connectivity index (χ1n) is 66.4. The lowest BCUT2D eigenvalue weighted by Crippen LogP contribution is -2.46. The van der Waals surface area contributed by atoms with Gasteiger partial charge in [-0.05, 0) is 210 Å². The molecule has 20 heteroatoms. The van der Waals surface area contributed by atoms with Crippen molar-refractivity contribution in [2.24, 2.45) is 59.1 Å². The summed E-state index contributed by atoms with van der Waals surface area (Å²) < 4.78 is 508. The van der Waals surface area contributed by atoms with Crippen molar-refractivity contribution in [2.45, 2.75) is 208 Å². The van der Waals surface area contributed by atoms with Gasteiger partial charge in [0.15, 0.2) is 57.5 Å². The summed E-state index contributed by atoms with van der Waals surface area (Å²) in [4.78, 5) is 73.2. The van der Waals surface area contributed by atoms with Gasteiger partial charge in [0.2, 0.25) is 0 Å². The molecule has 12 atom stereocenters. The van der Waals surface area contributed by atoms with Gasteiger partial charge in [-0.1, -0.05) is 81.8 Å². The smallest absolute Gasteiger partial charge is 0.161 e. The lowest BCUT2D eigenvalue weighted by atomic mass is 9.79. The molecule has 15 rings (SSSR count). The summed E-state index contributed by atoms with van der Waals surface area (Å²) in [7, 11) is -8.80. The first kappa shape index (κ1) is 41.7. The number of ketones is 5. The van der Waals surface area contributed by atoms with Crippen LogP contribution in [0.15, 0.2) is 60.4 Å². The summed E-state index contributed by atoms with van der Waals surface area (Å²) >= 11 is 0. The number of benzene rings is 5. The zero-order valence-corrected chi connectivity index (χ0v) is 67.7. The topological polar surface area (TPSA) is 194 Å². The Morgan fingerprint density at radius 2 is 0.667 bits per heavy atom. The highest BCUT2D eigenvalue weighted by Crippen LogP contribution is 2.49. The van der Waals surface area contributed by atoms with Crippen molar-refractivity contribution in [1.82, 2.24) is 24.5 Å². The molecule has 0 N–H and O–H groups in total. The Labute approximate surface area is 777 Å². The fourth-order valence-corrected chi connectivity index (χ4v) is 15.4. The molecule has 10 aliphatic rings. The fourth-order valence-electron chi connectivity index (χ4n) is 15.4. The fraction of sp³-hybridized carbons (Fsp3) is 0.639. The minimum Gasteiger partial charge on any atom is -0.493 e. The molecule has 0 radical (unpaired) electrons. The maximum Gasteiger partial charge on any atom is 0.161 e. The van der Waals surface area contributed by atoms with Crippen LogP contribution in [-0.2, 0) is 56.1 Å². The van der Waals surface area contributed by atoms with Crippen molar-refractivity contribution >= 4 is 28.9 Å². The van der Waals surface area contributed by atoms with Crippen LogP contribution in [0.2, 0.25) is 0 Å². The molecular weight excluding hydrogens is 1480 g/mol. The van der Waals surface area contributed by atoms with Gasteiger partial charge < -0.3 is 47.4 Å². The summed E-state index contributed by atoms with van der Waals surface area (Å²) in [5.41, 5.74) is 0.944. The van der Waals surface area contributed by atoms with Crippen LogP contribution in [0, 0.1) is 59.1 Å². The SMILES string of the molecule is [2H]c1c2c(c([2H])c(OC)c1OC([2H])([2H])[2H])C1CC(=O)C(C([2H])([2H])C([2H])(C([2H])([2H])[2H])C([2H])([2H])C)C([2H])([2H])N1CC2.[2H]c1c2c(c([2H])c(OC)c1OC([2H])([2H])[2H])C1CC(=O)C(CC(C)C)C([2H])([2H])N1CC2.[2H]c1c2c(c([2H])c(OC)c1OC([2H])([2H])[2H])C1N(CC2)C([2H])([2H])C([2H])(CC(C)C)C(=O)C1([2H])[2H].[2H]c1c2c(c([2H])c(OC)c1OC([2H])([2H])[2H])C1N(CC2)CC([2H])(C([2H])([2H])C([2H])(C([2H])([2H])[2H])C([2H])([2H])C)C(=O)C1([2H])[2H].[2H]c1c2c(c([2H])c(OC)c1OC([2H])([2H])[2H])C1N(CC2)CC([2H])(CC(C)C)C(=O)C1([2H])[2H]. The Hall–Kier alpha value is -7.75. The Morgan fingerprint density at radius 3 is 1.02 bits per heavy atom. The lowest BCUT2D eigenvalue weighted by molar-refractivity contribution is -0.130. The number of Topliss-reactive ketones (excluding diaryl/α,β-unsaturated/α-hetero) is 5. The number of methoxy groups -OCH3 is 10. The van der Waals surface area contributed by atoms with Gasteiger partial charge in [-0.2, -0.15) is 0 Å². The van der Waals surface area contributed by atoms with Gasteiger partial charge in [0.1, 0.15) is 28.9 Å². The zero-order chi connectivity index (χ0) is 133. The highest BCUT2D eigenvalue weighted by atomic mass is 16.5. The summed E-state index contributed by atoms with van der Waals surface area (Å²) in [5, 5.41) is 0. The van der Waals surface area contributed by atoms with Crippen LogP contribution in [0.4, 0.5) is 0 Å². The zero-order valence-electron chi connectivity index (χ0n) is 124. The minimum absolute atomic E-state index is 0.0176. The van der Waals surface area contributed by atoms with Crippen molar-refractivity contribution in [2.75, 3.05) is 136 Å². The minimum atomic E-state index is -3.77. The molecule has 5 saturated heterocycles. The number of carbonyl (C=O) groups is 5. The lowest BCUT2D eigenvalue weighted by Gasteiger charge is -2.43. The number of nitrogens with zero attached hydrogens (tertiary/aromatic N) is 5. The van der Waals surface area contributed by atoms with Crippen molar-refractivity contribution in [1.29, 1.82) is 0 Å². The third kappa shape index (κ3) is 21.0. The molecule has 117 heavy (non-hydrogen) atoms. The molecule has 12 unspecified atom stereocenters. The largest absolute Gasteiger partial charge is 0.493 e. The molecule has 20 nitrogen and oxygen atoms in total. The molecule has 0 aromatic heterocycles. The van der Waals surface area contributed by atoms with E-state index >= 15 is 0 Å². The summed E-state index contributed by atoms with van der Waals surface area (Å²) in [6.45, 7) is -3.23. The van der Waals surface area contributed by atoms with E-state index in [1.54, 1.807) is 23.6 Å². The third-order valence-corrected chi connectivity index (χ3v) is 21.0. The Bertz CT molecular complexity index is 6930. The van der Waals surface area contributed by atoms with E-state index in [2.05, 4.69) is 0 Å². The molecule has 0 bridgehead atoms. The van der Waals surface area contributed by atoms with Crippen LogP contribution in [0.3, 0.4) is 0 Å². The van der Waals surface area contributed by atoms with Crippen molar-refractivity contribution in [3.63, 3.8) is 0 Å². The molecule has 0 spiro atoms. The molecule has 10 heterocycles. The maximum atomic E-state index is 13.7. The summed E-state index contributed by atoms with van der Waals surface area (Å²) in [6, 6.07) is -10.2. The van der Waals surface area contributed by atoms with E-state index in [1.165, 1.54) is 14.2 Å².